The molecule has 0 saturated heterocycles. The fraction of sp³-hybridized carbons (Fsp3) is 0.458. The molecule has 1 atom stereocenters. The molecule has 3 aromatic rings. The molecule has 162 valence electrons. The number of nitrogens with one attached hydrogen (secondary N) is 1. The topological polar surface area (TPSA) is 80.4 Å². The first kappa shape index (κ1) is 19.8. The first-order valence-corrected chi connectivity index (χ1v) is 11.1. The Kier molecular flexibility index (Phi) is 4.84. The average Bonchev–Trinajstić information content (AvgIpc) is 3.29. The van der Waals surface area contributed by atoms with Crippen molar-refractivity contribution in [3.05, 3.63) is 53.7 Å². The van der Waals surface area contributed by atoms with Gasteiger partial charge in [0.25, 0.3) is 5.91 Å². The van der Waals surface area contributed by atoms with E-state index in [2.05, 4.69) is 10.3 Å². The monoisotopic (exact) mass is 420 g/mol. The van der Waals surface area contributed by atoms with Gasteiger partial charge in [0, 0.05) is 37.1 Å². The maximum absolute atomic E-state index is 13.6. The van der Waals surface area contributed by atoms with Crippen LogP contribution in [-0.2, 0) is 17.9 Å². The number of fused-ring (bicyclic) bond motifs is 3. The minimum atomic E-state index is -1.02. The van der Waals surface area contributed by atoms with Crippen LogP contribution in [0.4, 0.5) is 0 Å². The van der Waals surface area contributed by atoms with Gasteiger partial charge < -0.3 is 19.2 Å². The molecule has 5 rings (SSSR count). The summed E-state index contributed by atoms with van der Waals surface area (Å²) in [4.78, 5) is 33.2. The van der Waals surface area contributed by atoms with Crippen LogP contribution in [0.3, 0.4) is 0 Å². The Morgan fingerprint density at radius 3 is 2.84 bits per heavy atom. The standard InChI is InChI=1S/C24H28N4O3/c1-16-11-19-21(31-16)12-20-22(29)28(14-17-7-6-10-25-13-17)24(2,15-27(19)20)23(30)26-18-8-4-3-5-9-18/h6-7,10-13,18H,3-5,8-9,14-15H2,1-2H3,(H,26,30)/t24-/m0/s1. The molecule has 3 aromatic heterocycles. The van der Waals surface area contributed by atoms with E-state index in [0.29, 0.717) is 24.4 Å². The van der Waals surface area contributed by atoms with Gasteiger partial charge in [0.2, 0.25) is 5.91 Å². The minimum absolute atomic E-state index is 0.0932. The predicted octanol–water partition coefficient (Wildman–Crippen LogP) is 3.80. The van der Waals surface area contributed by atoms with Crippen molar-refractivity contribution in [3.63, 3.8) is 0 Å². The lowest BCUT2D eigenvalue weighted by Gasteiger charge is -2.44. The third kappa shape index (κ3) is 3.42. The summed E-state index contributed by atoms with van der Waals surface area (Å²) in [5.74, 6) is 0.531. The second-order valence-corrected chi connectivity index (χ2v) is 9.06. The number of aromatic nitrogens is 2. The van der Waals surface area contributed by atoms with Crippen molar-refractivity contribution >= 4 is 22.9 Å². The van der Waals surface area contributed by atoms with Crippen molar-refractivity contribution < 1.29 is 14.0 Å². The van der Waals surface area contributed by atoms with Crippen LogP contribution >= 0.6 is 0 Å². The summed E-state index contributed by atoms with van der Waals surface area (Å²) >= 11 is 0. The zero-order chi connectivity index (χ0) is 21.6. The molecule has 7 nitrogen and oxygen atoms in total. The van der Waals surface area contributed by atoms with Gasteiger partial charge in [0.1, 0.15) is 17.0 Å². The minimum Gasteiger partial charge on any atom is -0.460 e. The van der Waals surface area contributed by atoms with E-state index in [1.807, 2.05) is 36.6 Å². The average molecular weight is 421 g/mol. The Balaban J connectivity index is 1.54. The van der Waals surface area contributed by atoms with Gasteiger partial charge >= 0.3 is 0 Å². The molecule has 1 N–H and O–H groups in total. The van der Waals surface area contributed by atoms with E-state index in [1.165, 1.54) is 6.42 Å². The SMILES string of the molecule is Cc1cc2c(cc3n2C[C@@](C)(C(=O)NC2CCCCC2)N(Cc2cccnc2)C3=O)o1. The smallest absolute Gasteiger partial charge is 0.271 e. The molecular weight excluding hydrogens is 392 g/mol. The highest BCUT2D eigenvalue weighted by Crippen LogP contribution is 2.35. The van der Waals surface area contributed by atoms with Gasteiger partial charge in [-0.05, 0) is 38.3 Å². The largest absolute Gasteiger partial charge is 0.460 e. The fourth-order valence-electron chi connectivity index (χ4n) is 4.97. The molecule has 1 aliphatic carbocycles. The van der Waals surface area contributed by atoms with E-state index in [4.69, 9.17) is 4.42 Å². The van der Waals surface area contributed by atoms with E-state index in [0.717, 1.165) is 42.5 Å². The number of nitrogens with zero attached hydrogens (tertiary/aromatic N) is 3. The molecule has 2 amide bonds. The lowest BCUT2D eigenvalue weighted by atomic mass is 9.91. The van der Waals surface area contributed by atoms with Crippen molar-refractivity contribution in [2.24, 2.45) is 0 Å². The lowest BCUT2D eigenvalue weighted by Crippen LogP contribution is -2.64. The summed E-state index contributed by atoms with van der Waals surface area (Å²) in [6.45, 7) is 4.48. The number of hydrogen-bond acceptors (Lipinski definition) is 4. The summed E-state index contributed by atoms with van der Waals surface area (Å²) in [5, 5.41) is 3.26. The predicted molar refractivity (Wildman–Crippen MR) is 116 cm³/mol. The Labute approximate surface area is 181 Å². The summed E-state index contributed by atoms with van der Waals surface area (Å²) in [6.07, 6.45) is 8.94. The second kappa shape index (κ2) is 7.55. The van der Waals surface area contributed by atoms with E-state index >= 15 is 0 Å². The van der Waals surface area contributed by atoms with Crippen LogP contribution in [-0.4, -0.2) is 37.8 Å². The summed E-state index contributed by atoms with van der Waals surface area (Å²) < 4.78 is 7.71. The zero-order valence-corrected chi connectivity index (χ0v) is 18.1. The first-order chi connectivity index (χ1) is 15.0. The van der Waals surface area contributed by atoms with Crippen molar-refractivity contribution in [2.75, 3.05) is 0 Å². The zero-order valence-electron chi connectivity index (χ0n) is 18.1. The van der Waals surface area contributed by atoms with Gasteiger partial charge in [-0.2, -0.15) is 0 Å². The summed E-state index contributed by atoms with van der Waals surface area (Å²) in [6, 6.07) is 7.68. The normalized spacial score (nSPS) is 22.0. The number of hydrogen-bond donors (Lipinski definition) is 1. The van der Waals surface area contributed by atoms with Gasteiger partial charge in [-0.15, -0.1) is 0 Å². The van der Waals surface area contributed by atoms with E-state index in [-0.39, 0.29) is 17.9 Å². The molecule has 0 radical (unpaired) electrons. The number of carbonyl (C=O) groups is 2. The highest BCUT2D eigenvalue weighted by Gasteiger charge is 2.48. The Morgan fingerprint density at radius 2 is 2.10 bits per heavy atom. The number of rotatable bonds is 4. The van der Waals surface area contributed by atoms with Crippen LogP contribution in [0.1, 0.15) is 60.8 Å². The molecule has 2 aliphatic rings. The molecule has 0 unspecified atom stereocenters. The molecular formula is C24H28N4O3. The molecule has 4 heterocycles. The van der Waals surface area contributed by atoms with Crippen LogP contribution in [0.5, 0.6) is 0 Å². The molecule has 0 aromatic carbocycles. The number of furan rings is 1. The molecule has 7 heteroatoms. The van der Waals surface area contributed by atoms with Gasteiger partial charge in [-0.1, -0.05) is 25.3 Å². The van der Waals surface area contributed by atoms with Gasteiger partial charge in [-0.3, -0.25) is 14.6 Å². The van der Waals surface area contributed by atoms with Crippen LogP contribution < -0.4 is 5.32 Å². The molecule has 0 bridgehead atoms. The van der Waals surface area contributed by atoms with Crippen LogP contribution in [0.2, 0.25) is 0 Å². The molecule has 0 spiro atoms. The quantitative estimate of drug-likeness (QED) is 0.696. The second-order valence-electron chi connectivity index (χ2n) is 9.06. The summed E-state index contributed by atoms with van der Waals surface area (Å²) in [7, 11) is 0. The molecule has 1 aliphatic heterocycles. The third-order valence-corrected chi connectivity index (χ3v) is 6.73. The van der Waals surface area contributed by atoms with E-state index in [1.54, 1.807) is 23.4 Å². The van der Waals surface area contributed by atoms with Gasteiger partial charge in [0.05, 0.1) is 12.1 Å². The van der Waals surface area contributed by atoms with Crippen LogP contribution in [0.25, 0.3) is 11.1 Å². The van der Waals surface area contributed by atoms with Crippen molar-refractivity contribution in [1.29, 1.82) is 0 Å². The number of carbonyl (C=O) groups excluding carboxylic acids is 2. The fourth-order valence-corrected chi connectivity index (χ4v) is 4.97. The van der Waals surface area contributed by atoms with Crippen LogP contribution in [0.15, 0.2) is 41.1 Å². The molecule has 31 heavy (non-hydrogen) atoms. The number of aryl methyl sites for hydroxylation is 1. The highest BCUT2D eigenvalue weighted by molar-refractivity contribution is 6.03. The van der Waals surface area contributed by atoms with Crippen LogP contribution in [0, 0.1) is 6.92 Å². The highest BCUT2D eigenvalue weighted by atomic mass is 16.3. The van der Waals surface area contributed by atoms with Crippen molar-refractivity contribution in [1.82, 2.24) is 19.8 Å². The first-order valence-electron chi connectivity index (χ1n) is 11.1. The third-order valence-electron chi connectivity index (χ3n) is 6.73. The maximum Gasteiger partial charge on any atom is 0.271 e. The number of amides is 2. The summed E-state index contributed by atoms with van der Waals surface area (Å²) in [5.41, 5.74) is 1.97. The molecule has 1 fully saturated rings. The van der Waals surface area contributed by atoms with Gasteiger partial charge in [-0.25, -0.2) is 0 Å². The van der Waals surface area contributed by atoms with E-state index in [9.17, 15) is 9.59 Å². The van der Waals surface area contributed by atoms with Crippen molar-refractivity contribution in [2.45, 2.75) is 70.6 Å². The Morgan fingerprint density at radius 1 is 1.29 bits per heavy atom. The van der Waals surface area contributed by atoms with Crippen molar-refractivity contribution in [3.8, 4) is 0 Å². The molecule has 1 saturated carbocycles. The maximum atomic E-state index is 13.6. The Hall–Kier alpha value is -3.09. The lowest BCUT2D eigenvalue weighted by molar-refractivity contribution is -0.134. The Bertz CT molecular complexity index is 1130. The number of pyridine rings is 1. The van der Waals surface area contributed by atoms with E-state index < -0.39 is 5.54 Å². The van der Waals surface area contributed by atoms with Gasteiger partial charge in [0.15, 0.2) is 5.58 Å².